The lowest BCUT2D eigenvalue weighted by Crippen LogP contribution is -2.24. The van der Waals surface area contributed by atoms with Crippen LogP contribution in [0.2, 0.25) is 0 Å². The van der Waals surface area contributed by atoms with E-state index in [0.717, 1.165) is 17.1 Å². The number of anilines is 1. The number of hydrogen-bond donors (Lipinski definition) is 2. The van der Waals surface area contributed by atoms with Crippen LogP contribution >= 0.6 is 0 Å². The number of hydrogen-bond acceptors (Lipinski definition) is 4. The van der Waals surface area contributed by atoms with E-state index >= 15 is 0 Å². The van der Waals surface area contributed by atoms with Crippen molar-refractivity contribution in [1.82, 2.24) is 0 Å². The van der Waals surface area contributed by atoms with Crippen molar-refractivity contribution in [3.05, 3.63) is 29.8 Å². The van der Waals surface area contributed by atoms with Gasteiger partial charge in [0.25, 0.3) is 0 Å². The number of carbonyl (C=O) groups is 1. The first kappa shape index (κ1) is 11.6. The summed E-state index contributed by atoms with van der Waals surface area (Å²) in [6, 6.07) is 7.30. The molecule has 0 bridgehead atoms. The second-order valence-corrected chi connectivity index (χ2v) is 3.78. The van der Waals surface area contributed by atoms with Crippen molar-refractivity contribution in [1.29, 1.82) is 0 Å². The van der Waals surface area contributed by atoms with Gasteiger partial charge in [0.1, 0.15) is 12.4 Å². The molecule has 5 heteroatoms. The number of ether oxygens (including phenoxy) is 1. The molecule has 0 atom stereocenters. The average molecular weight is 234 g/mol. The van der Waals surface area contributed by atoms with Gasteiger partial charge in [0.05, 0.1) is 19.6 Å². The monoisotopic (exact) mass is 234 g/mol. The molecule has 5 nitrogen and oxygen atoms in total. The van der Waals surface area contributed by atoms with Gasteiger partial charge in [-0.2, -0.15) is 0 Å². The van der Waals surface area contributed by atoms with Crippen LogP contribution in [-0.4, -0.2) is 36.7 Å². The molecule has 1 aromatic carbocycles. The third kappa shape index (κ3) is 3.57. The zero-order chi connectivity index (χ0) is 12.1. The topological polar surface area (TPSA) is 70.9 Å². The molecule has 90 valence electrons. The van der Waals surface area contributed by atoms with Gasteiger partial charge in [0.15, 0.2) is 0 Å². The highest BCUT2D eigenvalue weighted by molar-refractivity contribution is 5.96. The van der Waals surface area contributed by atoms with Gasteiger partial charge in [-0.15, -0.1) is 0 Å². The molecule has 0 fully saturated rings. The number of carboxylic acid groups (broad SMARTS) is 1. The Kier molecular flexibility index (Phi) is 3.72. The summed E-state index contributed by atoms with van der Waals surface area (Å²) in [5.74, 6) is -0.0517. The Bertz CT molecular complexity index is 443. The van der Waals surface area contributed by atoms with Crippen LogP contribution in [0, 0.1) is 0 Å². The van der Waals surface area contributed by atoms with Crippen molar-refractivity contribution < 1.29 is 14.6 Å². The van der Waals surface area contributed by atoms with Crippen molar-refractivity contribution in [3.8, 4) is 0 Å². The minimum absolute atomic E-state index is 0.0263. The smallest absolute Gasteiger partial charge is 0.307 e. The van der Waals surface area contributed by atoms with Crippen LogP contribution in [0.3, 0.4) is 0 Å². The molecule has 0 aliphatic carbocycles. The molecule has 1 aliphatic rings. The van der Waals surface area contributed by atoms with Crippen molar-refractivity contribution in [2.24, 2.45) is 4.99 Å². The molecule has 2 N–H and O–H groups in total. The predicted octanol–water partition coefficient (Wildman–Crippen LogP) is 1.15. The molecule has 1 aliphatic heterocycles. The number of carboxylic acids is 1. The van der Waals surface area contributed by atoms with E-state index in [1.54, 1.807) is 6.07 Å². The van der Waals surface area contributed by atoms with Crippen molar-refractivity contribution in [2.45, 2.75) is 6.42 Å². The van der Waals surface area contributed by atoms with E-state index < -0.39 is 5.97 Å². The number of benzene rings is 1. The van der Waals surface area contributed by atoms with Crippen LogP contribution in [0.25, 0.3) is 0 Å². The minimum Gasteiger partial charge on any atom is -0.481 e. The van der Waals surface area contributed by atoms with E-state index in [9.17, 15) is 4.79 Å². The van der Waals surface area contributed by atoms with Gasteiger partial charge in [-0.3, -0.25) is 9.79 Å². The number of aliphatic carboxylic acids is 1. The highest BCUT2D eigenvalue weighted by atomic mass is 16.5. The van der Waals surface area contributed by atoms with Crippen LogP contribution in [0.5, 0.6) is 0 Å². The number of aliphatic imine (C=N–C) groups is 1. The SMILES string of the molecule is O=C(O)Cc1cccc(NC2=NCCOC2)c1. The molecule has 0 saturated carbocycles. The molecular weight excluding hydrogens is 220 g/mol. The van der Waals surface area contributed by atoms with Gasteiger partial charge in [0, 0.05) is 5.69 Å². The fourth-order valence-corrected chi connectivity index (χ4v) is 1.64. The Morgan fingerprint density at radius 2 is 2.41 bits per heavy atom. The van der Waals surface area contributed by atoms with E-state index in [0.29, 0.717) is 19.8 Å². The quantitative estimate of drug-likeness (QED) is 0.823. The van der Waals surface area contributed by atoms with Gasteiger partial charge in [-0.25, -0.2) is 0 Å². The summed E-state index contributed by atoms with van der Waals surface area (Å²) in [6.45, 7) is 1.80. The van der Waals surface area contributed by atoms with E-state index in [-0.39, 0.29) is 6.42 Å². The molecule has 0 radical (unpaired) electrons. The highest BCUT2D eigenvalue weighted by Crippen LogP contribution is 2.12. The van der Waals surface area contributed by atoms with Gasteiger partial charge in [0.2, 0.25) is 0 Å². The van der Waals surface area contributed by atoms with Crippen LogP contribution in [0.1, 0.15) is 5.56 Å². The number of amidine groups is 1. The van der Waals surface area contributed by atoms with Crippen molar-refractivity contribution in [2.75, 3.05) is 25.1 Å². The van der Waals surface area contributed by atoms with Crippen molar-refractivity contribution >= 4 is 17.5 Å². The van der Waals surface area contributed by atoms with E-state index in [4.69, 9.17) is 9.84 Å². The zero-order valence-electron chi connectivity index (χ0n) is 9.35. The summed E-state index contributed by atoms with van der Waals surface area (Å²) in [5, 5.41) is 11.8. The predicted molar refractivity (Wildman–Crippen MR) is 64.5 cm³/mol. The maximum absolute atomic E-state index is 10.6. The molecule has 17 heavy (non-hydrogen) atoms. The van der Waals surface area contributed by atoms with E-state index in [1.165, 1.54) is 0 Å². The van der Waals surface area contributed by atoms with Gasteiger partial charge in [-0.05, 0) is 17.7 Å². The second kappa shape index (κ2) is 5.45. The summed E-state index contributed by atoms with van der Waals surface area (Å²) in [6.07, 6.45) is 0.0263. The van der Waals surface area contributed by atoms with Gasteiger partial charge >= 0.3 is 5.97 Å². The molecule has 1 aromatic rings. The average Bonchev–Trinajstić information content (AvgIpc) is 2.30. The molecule has 0 saturated heterocycles. The van der Waals surface area contributed by atoms with Crippen LogP contribution < -0.4 is 5.32 Å². The molecular formula is C12H14N2O3. The first-order valence-electron chi connectivity index (χ1n) is 5.43. The highest BCUT2D eigenvalue weighted by Gasteiger charge is 2.06. The Morgan fingerprint density at radius 1 is 1.53 bits per heavy atom. The van der Waals surface area contributed by atoms with Crippen molar-refractivity contribution in [3.63, 3.8) is 0 Å². The maximum Gasteiger partial charge on any atom is 0.307 e. The largest absolute Gasteiger partial charge is 0.481 e. The van der Waals surface area contributed by atoms with Gasteiger partial charge < -0.3 is 15.2 Å². The fraction of sp³-hybridized carbons (Fsp3) is 0.333. The number of rotatable bonds is 3. The van der Waals surface area contributed by atoms with E-state index in [2.05, 4.69) is 10.3 Å². The van der Waals surface area contributed by atoms with Gasteiger partial charge in [-0.1, -0.05) is 12.1 Å². The Hall–Kier alpha value is -1.88. The lowest BCUT2D eigenvalue weighted by molar-refractivity contribution is -0.136. The summed E-state index contributed by atoms with van der Waals surface area (Å²) in [7, 11) is 0. The Labute approximate surface area is 99.1 Å². The number of nitrogens with one attached hydrogen (secondary N) is 1. The lowest BCUT2D eigenvalue weighted by Gasteiger charge is -2.14. The molecule has 0 spiro atoms. The summed E-state index contributed by atoms with van der Waals surface area (Å²) < 4.78 is 5.26. The van der Waals surface area contributed by atoms with Crippen LogP contribution in [0.15, 0.2) is 29.3 Å². The minimum atomic E-state index is -0.833. The first-order valence-corrected chi connectivity index (χ1v) is 5.43. The number of nitrogens with zero attached hydrogens (tertiary/aromatic N) is 1. The molecule has 1 heterocycles. The third-order valence-corrected chi connectivity index (χ3v) is 2.35. The third-order valence-electron chi connectivity index (χ3n) is 2.35. The fourth-order valence-electron chi connectivity index (χ4n) is 1.64. The Balaban J connectivity index is 2.05. The summed E-state index contributed by atoms with van der Waals surface area (Å²) in [4.78, 5) is 14.9. The standard InChI is InChI=1S/C12H14N2O3/c15-12(16)7-9-2-1-3-10(6-9)14-11-8-17-5-4-13-11/h1-3,6H,4-5,7-8H2,(H,13,14)(H,15,16). The Morgan fingerprint density at radius 3 is 3.12 bits per heavy atom. The normalized spacial score (nSPS) is 15.2. The maximum atomic E-state index is 10.6. The van der Waals surface area contributed by atoms with Crippen LogP contribution in [0.4, 0.5) is 5.69 Å². The van der Waals surface area contributed by atoms with E-state index in [1.807, 2.05) is 18.2 Å². The summed E-state index contributed by atoms with van der Waals surface area (Å²) in [5.41, 5.74) is 1.60. The summed E-state index contributed by atoms with van der Waals surface area (Å²) >= 11 is 0. The van der Waals surface area contributed by atoms with Crippen LogP contribution in [-0.2, 0) is 16.0 Å². The second-order valence-electron chi connectivity index (χ2n) is 3.78. The first-order chi connectivity index (χ1) is 8.24. The molecule has 0 unspecified atom stereocenters. The zero-order valence-corrected chi connectivity index (χ0v) is 9.35. The molecule has 0 amide bonds. The molecule has 0 aromatic heterocycles. The lowest BCUT2D eigenvalue weighted by atomic mass is 10.1. The molecule has 2 rings (SSSR count).